The Labute approximate surface area is 206 Å². The summed E-state index contributed by atoms with van der Waals surface area (Å²) in [5, 5.41) is 2.80. The monoisotopic (exact) mass is 478 g/mol. The third-order valence-corrected chi connectivity index (χ3v) is 5.35. The summed E-state index contributed by atoms with van der Waals surface area (Å²) in [7, 11) is 1.72. The highest BCUT2D eigenvalue weighted by Crippen LogP contribution is 2.35. The lowest BCUT2D eigenvalue weighted by atomic mass is 10.1. The van der Waals surface area contributed by atoms with Crippen LogP contribution < -0.4 is 20.5 Å². The van der Waals surface area contributed by atoms with Crippen LogP contribution >= 0.6 is 0 Å². The van der Waals surface area contributed by atoms with Crippen molar-refractivity contribution >= 4 is 17.6 Å². The van der Waals surface area contributed by atoms with Gasteiger partial charge in [-0.2, -0.15) is 4.99 Å². The first-order chi connectivity index (χ1) is 16.6. The first kappa shape index (κ1) is 25.8. The smallest absolute Gasteiger partial charge is 0.279 e. The molecule has 2 aromatic rings. The number of benzene rings is 2. The summed E-state index contributed by atoms with van der Waals surface area (Å²) in [5.41, 5.74) is 6.98. The van der Waals surface area contributed by atoms with E-state index in [1.54, 1.807) is 49.6 Å². The molecule has 8 nitrogen and oxygen atoms in total. The molecule has 1 fully saturated rings. The van der Waals surface area contributed by atoms with Gasteiger partial charge in [0.2, 0.25) is 0 Å². The summed E-state index contributed by atoms with van der Waals surface area (Å²) in [6.45, 7) is 9.24. The zero-order valence-electron chi connectivity index (χ0n) is 21.1. The van der Waals surface area contributed by atoms with Crippen molar-refractivity contribution in [3.05, 3.63) is 65.4 Å². The zero-order chi connectivity index (χ0) is 25.6. The van der Waals surface area contributed by atoms with Gasteiger partial charge in [0, 0.05) is 36.8 Å². The molecule has 1 aliphatic rings. The van der Waals surface area contributed by atoms with Crippen molar-refractivity contribution < 1.29 is 19.1 Å². The van der Waals surface area contributed by atoms with Crippen LogP contribution in [0.1, 0.15) is 59.9 Å². The maximum Gasteiger partial charge on any atom is 0.279 e. The molecular weight excluding hydrogens is 444 g/mol. The molecule has 0 radical (unpaired) electrons. The number of nitrogens with zero attached hydrogens (tertiary/aromatic N) is 2. The number of hydrogen-bond acceptors (Lipinski definition) is 5. The Balaban J connectivity index is 1.90. The fourth-order valence-electron chi connectivity index (χ4n) is 3.61. The van der Waals surface area contributed by atoms with Crippen molar-refractivity contribution in [2.24, 2.45) is 10.7 Å². The highest BCUT2D eigenvalue weighted by molar-refractivity contribution is 6.06. The molecule has 186 valence electrons. The van der Waals surface area contributed by atoms with Crippen LogP contribution in [-0.2, 0) is 0 Å². The van der Waals surface area contributed by atoms with Gasteiger partial charge in [0.15, 0.2) is 0 Å². The predicted molar refractivity (Wildman–Crippen MR) is 137 cm³/mol. The Bertz CT molecular complexity index is 1130. The number of aliphatic imine (C=N–C) groups is 1. The standard InChI is InChI=1S/C27H34N4O4/c1-18-22(34-21-10-8-19(9-11-21)26(33)31-14-6-7-15-31)16-20(17-23(18)35-27(2,3)4)25(32)30-24(28)12-13-29-5/h8-13,16-17,29H,6-7,14-15H2,1-5H3,(H2,28,30,32)/b13-12-. The average Bonchev–Trinajstić information content (AvgIpc) is 3.34. The lowest BCUT2D eigenvalue weighted by Gasteiger charge is -2.24. The van der Waals surface area contributed by atoms with Crippen molar-refractivity contribution in [2.45, 2.75) is 46.1 Å². The summed E-state index contributed by atoms with van der Waals surface area (Å²) in [4.78, 5) is 31.3. The summed E-state index contributed by atoms with van der Waals surface area (Å²) < 4.78 is 12.2. The number of carbonyl (C=O) groups is 2. The third-order valence-electron chi connectivity index (χ3n) is 5.35. The summed E-state index contributed by atoms with van der Waals surface area (Å²) in [6.07, 6.45) is 5.17. The number of amidine groups is 1. The number of carbonyl (C=O) groups excluding carboxylic acids is 2. The van der Waals surface area contributed by atoms with Crippen LogP contribution in [0.25, 0.3) is 0 Å². The van der Waals surface area contributed by atoms with Gasteiger partial charge >= 0.3 is 0 Å². The lowest BCUT2D eigenvalue weighted by molar-refractivity contribution is 0.0792. The van der Waals surface area contributed by atoms with Gasteiger partial charge in [-0.05, 0) is 89.2 Å². The van der Waals surface area contributed by atoms with Crippen LogP contribution in [0, 0.1) is 6.92 Å². The van der Waals surface area contributed by atoms with Gasteiger partial charge in [-0.3, -0.25) is 9.59 Å². The molecule has 0 aromatic heterocycles. The molecule has 0 atom stereocenters. The van der Waals surface area contributed by atoms with E-state index in [0.717, 1.165) is 31.5 Å². The number of nitrogens with one attached hydrogen (secondary N) is 1. The fourth-order valence-corrected chi connectivity index (χ4v) is 3.61. The van der Waals surface area contributed by atoms with Gasteiger partial charge in [-0.25, -0.2) is 0 Å². The Morgan fingerprint density at radius 1 is 1.06 bits per heavy atom. The Hall–Kier alpha value is -3.81. The average molecular weight is 479 g/mol. The number of likely N-dealkylation sites (tertiary alicyclic amines) is 1. The Morgan fingerprint density at radius 3 is 2.29 bits per heavy atom. The van der Waals surface area contributed by atoms with Crippen molar-refractivity contribution in [1.29, 1.82) is 0 Å². The maximum atomic E-state index is 12.8. The molecule has 0 saturated carbocycles. The van der Waals surface area contributed by atoms with Crippen molar-refractivity contribution in [3.63, 3.8) is 0 Å². The number of rotatable bonds is 7. The lowest BCUT2D eigenvalue weighted by Crippen LogP contribution is -2.27. The van der Waals surface area contributed by atoms with Gasteiger partial charge in [0.25, 0.3) is 11.8 Å². The molecule has 2 amide bonds. The largest absolute Gasteiger partial charge is 0.488 e. The Kier molecular flexibility index (Phi) is 8.17. The molecule has 0 bridgehead atoms. The SMILES string of the molecule is CN/C=C\C(N)=NC(=O)c1cc(Oc2ccc(C(=O)N3CCCC3)cc2)c(C)c(OC(C)(C)C)c1. The topological polar surface area (TPSA) is 106 Å². The first-order valence-electron chi connectivity index (χ1n) is 11.7. The van der Waals surface area contributed by atoms with Crippen LogP contribution in [0.15, 0.2) is 53.7 Å². The molecule has 3 N–H and O–H groups in total. The fraction of sp³-hybridized carbons (Fsp3) is 0.370. The molecule has 0 aliphatic carbocycles. The van der Waals surface area contributed by atoms with E-state index in [1.165, 1.54) is 6.08 Å². The molecule has 2 aromatic carbocycles. The molecule has 3 rings (SSSR count). The van der Waals surface area contributed by atoms with E-state index < -0.39 is 11.5 Å². The molecule has 1 aliphatic heterocycles. The summed E-state index contributed by atoms with van der Waals surface area (Å²) in [5.74, 6) is 1.09. The number of amides is 2. The molecule has 1 saturated heterocycles. The quantitative estimate of drug-likeness (QED) is 0.450. The minimum absolute atomic E-state index is 0.0291. The molecule has 8 heteroatoms. The molecular formula is C27H34N4O4. The van der Waals surface area contributed by atoms with Crippen molar-refractivity contribution in [2.75, 3.05) is 20.1 Å². The summed E-state index contributed by atoms with van der Waals surface area (Å²) >= 11 is 0. The molecule has 0 unspecified atom stereocenters. The highest BCUT2D eigenvalue weighted by Gasteiger charge is 2.21. The van der Waals surface area contributed by atoms with E-state index in [0.29, 0.717) is 22.8 Å². The normalized spacial score (nSPS) is 14.3. The second-order valence-electron chi connectivity index (χ2n) is 9.40. The van der Waals surface area contributed by atoms with E-state index in [9.17, 15) is 9.59 Å². The number of nitrogens with two attached hydrogens (primary N) is 1. The van der Waals surface area contributed by atoms with E-state index in [-0.39, 0.29) is 17.3 Å². The minimum Gasteiger partial charge on any atom is -0.488 e. The van der Waals surface area contributed by atoms with Gasteiger partial charge in [-0.15, -0.1) is 0 Å². The highest BCUT2D eigenvalue weighted by atomic mass is 16.5. The van der Waals surface area contributed by atoms with Crippen LogP contribution in [0.2, 0.25) is 0 Å². The van der Waals surface area contributed by atoms with Crippen LogP contribution in [-0.4, -0.2) is 48.3 Å². The van der Waals surface area contributed by atoms with Crippen LogP contribution in [0.4, 0.5) is 0 Å². The van der Waals surface area contributed by atoms with Gasteiger partial charge < -0.3 is 25.4 Å². The zero-order valence-corrected chi connectivity index (χ0v) is 21.1. The molecule has 35 heavy (non-hydrogen) atoms. The van der Waals surface area contributed by atoms with Gasteiger partial charge in [-0.1, -0.05) is 0 Å². The second kappa shape index (κ2) is 11.1. The minimum atomic E-state index is -0.515. The Morgan fingerprint density at radius 2 is 1.69 bits per heavy atom. The van der Waals surface area contributed by atoms with E-state index in [2.05, 4.69) is 10.3 Å². The van der Waals surface area contributed by atoms with E-state index in [4.69, 9.17) is 15.2 Å². The van der Waals surface area contributed by atoms with Gasteiger partial charge in [0.05, 0.1) is 0 Å². The van der Waals surface area contributed by atoms with E-state index in [1.807, 2.05) is 32.6 Å². The number of ether oxygens (including phenoxy) is 2. The van der Waals surface area contributed by atoms with Crippen molar-refractivity contribution in [1.82, 2.24) is 10.2 Å². The van der Waals surface area contributed by atoms with Crippen LogP contribution in [0.3, 0.4) is 0 Å². The number of hydrogen-bond donors (Lipinski definition) is 2. The maximum absolute atomic E-state index is 12.8. The van der Waals surface area contributed by atoms with Gasteiger partial charge in [0.1, 0.15) is 28.7 Å². The van der Waals surface area contributed by atoms with Crippen molar-refractivity contribution in [3.8, 4) is 17.2 Å². The molecule has 1 heterocycles. The van der Waals surface area contributed by atoms with Crippen LogP contribution in [0.5, 0.6) is 17.2 Å². The molecule has 0 spiro atoms. The second-order valence-corrected chi connectivity index (χ2v) is 9.40. The first-order valence-corrected chi connectivity index (χ1v) is 11.7. The predicted octanol–water partition coefficient (Wildman–Crippen LogP) is 4.43. The summed E-state index contributed by atoms with van der Waals surface area (Å²) in [6, 6.07) is 10.3. The van der Waals surface area contributed by atoms with E-state index >= 15 is 0 Å². The third kappa shape index (κ3) is 7.09.